The number of hydrogen-bond donors (Lipinski definition) is 1. The Bertz CT molecular complexity index is 766. The number of carboxylic acids is 1. The summed E-state index contributed by atoms with van der Waals surface area (Å²) in [6, 6.07) is 14.7. The van der Waals surface area contributed by atoms with Crippen molar-refractivity contribution in [1.29, 1.82) is 0 Å². The summed E-state index contributed by atoms with van der Waals surface area (Å²) in [4.78, 5) is 25.2. The molecule has 0 saturated heterocycles. The number of aryl methyl sites for hydroxylation is 1. The van der Waals surface area contributed by atoms with Gasteiger partial charge in [0.15, 0.2) is 6.61 Å². The first-order valence-electron chi connectivity index (χ1n) is 8.02. The maximum Gasteiger partial charge on any atom is 0.341 e. The van der Waals surface area contributed by atoms with Gasteiger partial charge >= 0.3 is 5.97 Å². The number of amides is 1. The normalized spacial score (nSPS) is 11.0. The molecule has 0 radical (unpaired) electrons. The van der Waals surface area contributed by atoms with Crippen molar-refractivity contribution in [2.75, 3.05) is 18.6 Å². The first-order chi connectivity index (χ1) is 11.7. The van der Waals surface area contributed by atoms with Crippen LogP contribution in [0.25, 0.3) is 0 Å². The topological polar surface area (TPSA) is 66.8 Å². The summed E-state index contributed by atoms with van der Waals surface area (Å²) in [7, 11) is 1.73. The number of ether oxygens (including phenoxy) is 1. The predicted octanol–water partition coefficient (Wildman–Crippen LogP) is 3.40. The van der Waals surface area contributed by atoms with Crippen molar-refractivity contribution in [1.82, 2.24) is 0 Å². The Morgan fingerprint density at radius 1 is 1.08 bits per heavy atom. The average molecular weight is 341 g/mol. The van der Waals surface area contributed by atoms with Gasteiger partial charge in [-0.15, -0.1) is 0 Å². The lowest BCUT2D eigenvalue weighted by Gasteiger charge is -2.31. The van der Waals surface area contributed by atoms with Gasteiger partial charge in [-0.3, -0.25) is 4.79 Å². The quantitative estimate of drug-likeness (QED) is 0.874. The Labute approximate surface area is 147 Å². The van der Waals surface area contributed by atoms with E-state index in [9.17, 15) is 9.59 Å². The van der Waals surface area contributed by atoms with Crippen LogP contribution in [0.15, 0.2) is 48.5 Å². The molecule has 0 heterocycles. The van der Waals surface area contributed by atoms with E-state index in [-0.39, 0.29) is 5.91 Å². The summed E-state index contributed by atoms with van der Waals surface area (Å²) in [6.45, 7) is 5.43. The number of likely N-dealkylation sites (N-methyl/N-ethyl adjacent to an activating group) is 1. The molecule has 0 spiro atoms. The second-order valence-electron chi connectivity index (χ2n) is 6.48. The largest absolute Gasteiger partial charge is 0.482 e. The number of nitrogens with zero attached hydrogens (tertiary/aromatic N) is 1. The van der Waals surface area contributed by atoms with E-state index in [4.69, 9.17) is 9.84 Å². The van der Waals surface area contributed by atoms with Crippen molar-refractivity contribution in [3.05, 3.63) is 59.7 Å². The van der Waals surface area contributed by atoms with Crippen molar-refractivity contribution in [2.45, 2.75) is 26.2 Å². The molecule has 0 bridgehead atoms. The molecule has 5 nitrogen and oxygen atoms in total. The number of aliphatic carboxylic acids is 1. The van der Waals surface area contributed by atoms with Gasteiger partial charge in [0.2, 0.25) is 5.91 Å². The zero-order valence-electron chi connectivity index (χ0n) is 14.9. The fourth-order valence-electron chi connectivity index (χ4n) is 2.84. The molecule has 0 fully saturated rings. The molecule has 5 heteroatoms. The number of rotatable bonds is 6. The van der Waals surface area contributed by atoms with Crippen molar-refractivity contribution < 1.29 is 19.4 Å². The maximum atomic E-state index is 13.0. The van der Waals surface area contributed by atoms with Gasteiger partial charge in [-0.05, 0) is 56.2 Å². The van der Waals surface area contributed by atoms with Crippen LogP contribution < -0.4 is 9.64 Å². The van der Waals surface area contributed by atoms with Gasteiger partial charge in [0.1, 0.15) is 5.75 Å². The highest BCUT2D eigenvalue weighted by molar-refractivity contribution is 6.00. The summed E-state index contributed by atoms with van der Waals surface area (Å²) in [5, 5.41) is 8.63. The average Bonchev–Trinajstić information content (AvgIpc) is 2.59. The van der Waals surface area contributed by atoms with Crippen molar-refractivity contribution in [2.24, 2.45) is 0 Å². The van der Waals surface area contributed by atoms with Crippen LogP contribution in [-0.4, -0.2) is 30.6 Å². The van der Waals surface area contributed by atoms with Crippen LogP contribution in [0, 0.1) is 6.92 Å². The molecule has 25 heavy (non-hydrogen) atoms. The van der Waals surface area contributed by atoms with Crippen LogP contribution in [0.2, 0.25) is 0 Å². The molecule has 2 aromatic rings. The lowest BCUT2D eigenvalue weighted by Crippen LogP contribution is -2.41. The standard InChI is InChI=1S/C20H23NO4/c1-14-7-5-6-8-17(14)20(2,3)19(24)21(4)15-9-11-16(12-10-15)25-13-18(22)23/h5-12H,13H2,1-4H3,(H,22,23). The van der Waals surface area contributed by atoms with Gasteiger partial charge in [-0.25, -0.2) is 4.79 Å². The fourth-order valence-corrected chi connectivity index (χ4v) is 2.84. The molecule has 132 valence electrons. The van der Waals surface area contributed by atoms with Gasteiger partial charge in [-0.2, -0.15) is 0 Å². The van der Waals surface area contributed by atoms with Gasteiger partial charge < -0.3 is 14.7 Å². The Kier molecular flexibility index (Phi) is 5.47. The van der Waals surface area contributed by atoms with Crippen LogP contribution in [-0.2, 0) is 15.0 Å². The molecule has 0 aliphatic heterocycles. The molecule has 2 rings (SSSR count). The smallest absolute Gasteiger partial charge is 0.341 e. The number of anilines is 1. The lowest BCUT2D eigenvalue weighted by atomic mass is 9.80. The number of carboxylic acid groups (broad SMARTS) is 1. The molecule has 2 aromatic carbocycles. The summed E-state index contributed by atoms with van der Waals surface area (Å²) in [5.74, 6) is -0.609. The zero-order valence-corrected chi connectivity index (χ0v) is 14.9. The van der Waals surface area contributed by atoms with Crippen molar-refractivity contribution in [3.63, 3.8) is 0 Å². The van der Waals surface area contributed by atoms with Crippen LogP contribution in [0.3, 0.4) is 0 Å². The van der Waals surface area contributed by atoms with Crippen LogP contribution in [0.4, 0.5) is 5.69 Å². The first-order valence-corrected chi connectivity index (χ1v) is 8.02. The monoisotopic (exact) mass is 341 g/mol. The predicted molar refractivity (Wildman–Crippen MR) is 97.2 cm³/mol. The third-order valence-corrected chi connectivity index (χ3v) is 4.24. The second-order valence-corrected chi connectivity index (χ2v) is 6.48. The van der Waals surface area contributed by atoms with Crippen molar-refractivity contribution in [3.8, 4) is 5.75 Å². The molecule has 0 atom stereocenters. The molecular weight excluding hydrogens is 318 g/mol. The van der Waals surface area contributed by atoms with E-state index in [1.165, 1.54) is 0 Å². The third kappa shape index (κ3) is 4.18. The Morgan fingerprint density at radius 2 is 1.68 bits per heavy atom. The van der Waals surface area contributed by atoms with E-state index in [0.29, 0.717) is 11.4 Å². The van der Waals surface area contributed by atoms with Crippen LogP contribution in [0.1, 0.15) is 25.0 Å². The van der Waals surface area contributed by atoms with Gasteiger partial charge in [0.05, 0.1) is 5.41 Å². The van der Waals surface area contributed by atoms with Crippen LogP contribution >= 0.6 is 0 Å². The number of hydrogen-bond acceptors (Lipinski definition) is 3. The molecular formula is C20H23NO4. The summed E-state index contributed by atoms with van der Waals surface area (Å²) in [6.07, 6.45) is 0. The highest BCUT2D eigenvalue weighted by atomic mass is 16.5. The Balaban J connectivity index is 2.19. The Hall–Kier alpha value is -2.82. The Morgan fingerprint density at radius 3 is 2.24 bits per heavy atom. The highest BCUT2D eigenvalue weighted by Gasteiger charge is 2.33. The van der Waals surface area contributed by atoms with E-state index in [0.717, 1.165) is 11.1 Å². The maximum absolute atomic E-state index is 13.0. The van der Waals surface area contributed by atoms with Gasteiger partial charge in [0, 0.05) is 12.7 Å². The number of benzene rings is 2. The second kappa shape index (κ2) is 7.38. The molecule has 0 unspecified atom stereocenters. The van der Waals surface area contributed by atoms with E-state index >= 15 is 0 Å². The summed E-state index contributed by atoms with van der Waals surface area (Å²) < 4.78 is 5.11. The molecule has 0 saturated carbocycles. The van der Waals surface area contributed by atoms with E-state index in [1.807, 2.05) is 45.0 Å². The minimum Gasteiger partial charge on any atom is -0.482 e. The molecule has 0 aliphatic carbocycles. The molecule has 1 N–H and O–H groups in total. The molecule has 0 aromatic heterocycles. The minimum absolute atomic E-state index is 0.0268. The van der Waals surface area contributed by atoms with E-state index in [2.05, 4.69) is 0 Å². The highest BCUT2D eigenvalue weighted by Crippen LogP contribution is 2.30. The van der Waals surface area contributed by atoms with Crippen LogP contribution in [0.5, 0.6) is 5.75 Å². The van der Waals surface area contributed by atoms with E-state index < -0.39 is 18.0 Å². The summed E-state index contributed by atoms with van der Waals surface area (Å²) >= 11 is 0. The van der Waals surface area contributed by atoms with Crippen molar-refractivity contribution >= 4 is 17.6 Å². The molecule has 0 aliphatic rings. The van der Waals surface area contributed by atoms with Gasteiger partial charge in [0.25, 0.3) is 0 Å². The van der Waals surface area contributed by atoms with E-state index in [1.54, 1.807) is 36.2 Å². The summed E-state index contributed by atoms with van der Waals surface area (Å²) in [5.41, 5.74) is 2.12. The third-order valence-electron chi connectivity index (χ3n) is 4.24. The fraction of sp³-hybridized carbons (Fsp3) is 0.300. The molecule has 1 amide bonds. The number of carbonyl (C=O) groups is 2. The minimum atomic E-state index is -1.03. The number of carbonyl (C=O) groups excluding carboxylic acids is 1. The van der Waals surface area contributed by atoms with Gasteiger partial charge in [-0.1, -0.05) is 24.3 Å². The first kappa shape index (κ1) is 18.5. The zero-order chi connectivity index (χ0) is 18.6. The SMILES string of the molecule is Cc1ccccc1C(C)(C)C(=O)N(C)c1ccc(OCC(=O)O)cc1. The lowest BCUT2D eigenvalue weighted by molar-refractivity contribution is -0.139.